The number of aryl methyl sites for hydroxylation is 1. The zero-order chi connectivity index (χ0) is 19.7. The smallest absolute Gasteiger partial charge is 0.220 e. The standard InChI is InChI=1S/C20H21NO6/c1-10(22)21-14-6-4-11-8-17(26-2)19(25)20(27-3)18(11)12-5-7-15(23)16(24)9-13(12)14/h5,7-9,14,25H,4,6H2,1-3H3,(H,21,22)(H,23,24)/t14-/m0/s1. The Morgan fingerprint density at radius 1 is 1.19 bits per heavy atom. The van der Waals surface area contributed by atoms with E-state index in [1.807, 2.05) is 0 Å². The summed E-state index contributed by atoms with van der Waals surface area (Å²) >= 11 is 0. The number of nitrogens with one attached hydrogen (secondary N) is 1. The van der Waals surface area contributed by atoms with Gasteiger partial charge in [0.25, 0.3) is 0 Å². The van der Waals surface area contributed by atoms with E-state index in [0.717, 1.165) is 5.56 Å². The molecule has 142 valence electrons. The van der Waals surface area contributed by atoms with Crippen LogP contribution in [0.3, 0.4) is 0 Å². The molecule has 7 heteroatoms. The Morgan fingerprint density at radius 3 is 2.56 bits per heavy atom. The van der Waals surface area contributed by atoms with Crippen molar-refractivity contribution in [1.82, 2.24) is 5.32 Å². The van der Waals surface area contributed by atoms with E-state index < -0.39 is 17.2 Å². The van der Waals surface area contributed by atoms with Gasteiger partial charge in [-0.05, 0) is 47.7 Å². The molecule has 27 heavy (non-hydrogen) atoms. The van der Waals surface area contributed by atoms with Crippen LogP contribution in [0, 0.1) is 0 Å². The summed E-state index contributed by atoms with van der Waals surface area (Å²) < 4.78 is 10.7. The number of hydrogen-bond acceptors (Lipinski definition) is 6. The minimum Gasteiger partial charge on any atom is -0.504 e. The fourth-order valence-corrected chi connectivity index (χ4v) is 3.52. The van der Waals surface area contributed by atoms with Crippen LogP contribution in [0.4, 0.5) is 0 Å². The Hall–Kier alpha value is -3.22. The van der Waals surface area contributed by atoms with Gasteiger partial charge >= 0.3 is 0 Å². The lowest BCUT2D eigenvalue weighted by Crippen LogP contribution is -2.26. The molecule has 0 aromatic heterocycles. The molecule has 0 bridgehead atoms. The zero-order valence-electron chi connectivity index (χ0n) is 15.3. The number of hydrogen-bond donors (Lipinski definition) is 3. The van der Waals surface area contributed by atoms with Crippen LogP contribution in [0.5, 0.6) is 23.0 Å². The van der Waals surface area contributed by atoms with Crippen LogP contribution in [-0.2, 0) is 11.2 Å². The molecule has 7 nitrogen and oxygen atoms in total. The topological polar surface area (TPSA) is 105 Å². The number of aromatic hydroxyl groups is 2. The van der Waals surface area contributed by atoms with E-state index in [1.54, 1.807) is 12.1 Å². The third-order valence-electron chi connectivity index (χ3n) is 4.71. The molecule has 1 atom stereocenters. The molecule has 0 radical (unpaired) electrons. The number of ether oxygens (including phenoxy) is 2. The molecule has 1 aliphatic rings. The van der Waals surface area contributed by atoms with Gasteiger partial charge in [-0.2, -0.15) is 0 Å². The number of carbonyl (C=O) groups excluding carboxylic acids is 1. The first-order valence-corrected chi connectivity index (χ1v) is 8.48. The number of fused-ring (bicyclic) bond motifs is 3. The lowest BCUT2D eigenvalue weighted by molar-refractivity contribution is -0.119. The molecule has 0 saturated heterocycles. The number of carbonyl (C=O) groups is 1. The van der Waals surface area contributed by atoms with Gasteiger partial charge in [-0.3, -0.25) is 9.59 Å². The first-order valence-electron chi connectivity index (χ1n) is 8.48. The van der Waals surface area contributed by atoms with E-state index in [4.69, 9.17) is 9.47 Å². The SMILES string of the molecule is COc1cc2c(c(OC)c1O)-c1ccc(O)c(=O)cc1[C@@H](NC(C)=O)CC2. The summed E-state index contributed by atoms with van der Waals surface area (Å²) in [7, 11) is 2.89. The lowest BCUT2D eigenvalue weighted by atomic mass is 9.95. The maximum absolute atomic E-state index is 12.2. The summed E-state index contributed by atoms with van der Waals surface area (Å²) in [6.07, 6.45) is 1.09. The van der Waals surface area contributed by atoms with Crippen LogP contribution in [0.25, 0.3) is 11.1 Å². The Kier molecular flexibility index (Phi) is 4.94. The van der Waals surface area contributed by atoms with Crippen molar-refractivity contribution < 1.29 is 24.5 Å². The molecule has 0 spiro atoms. The van der Waals surface area contributed by atoms with Crippen molar-refractivity contribution in [1.29, 1.82) is 0 Å². The van der Waals surface area contributed by atoms with Crippen molar-refractivity contribution >= 4 is 5.91 Å². The van der Waals surface area contributed by atoms with Gasteiger partial charge in [0.15, 0.2) is 17.2 Å². The summed E-state index contributed by atoms with van der Waals surface area (Å²) in [5.74, 6) is -0.291. The molecule has 0 unspecified atom stereocenters. The summed E-state index contributed by atoms with van der Waals surface area (Å²) in [5.41, 5.74) is 2.04. The van der Waals surface area contributed by atoms with Gasteiger partial charge in [-0.25, -0.2) is 0 Å². The first kappa shape index (κ1) is 18.6. The Morgan fingerprint density at radius 2 is 1.93 bits per heavy atom. The maximum Gasteiger partial charge on any atom is 0.220 e. The average molecular weight is 371 g/mol. The zero-order valence-corrected chi connectivity index (χ0v) is 15.3. The van der Waals surface area contributed by atoms with Crippen LogP contribution in [0.1, 0.15) is 30.5 Å². The van der Waals surface area contributed by atoms with Crippen molar-refractivity contribution in [3.63, 3.8) is 0 Å². The highest BCUT2D eigenvalue weighted by atomic mass is 16.5. The number of phenolic OH excluding ortho intramolecular Hbond substituents is 1. The highest BCUT2D eigenvalue weighted by molar-refractivity contribution is 5.83. The summed E-state index contributed by atoms with van der Waals surface area (Å²) in [6.45, 7) is 1.41. The van der Waals surface area contributed by atoms with Gasteiger partial charge < -0.3 is 25.0 Å². The Labute approximate surface area is 156 Å². The van der Waals surface area contributed by atoms with E-state index in [1.165, 1.54) is 33.3 Å². The van der Waals surface area contributed by atoms with E-state index in [9.17, 15) is 19.8 Å². The molecular formula is C20H21NO6. The Bertz CT molecular complexity index is 969. The summed E-state index contributed by atoms with van der Waals surface area (Å²) in [6, 6.07) is 5.52. The predicted octanol–water partition coefficient (Wildman–Crippen LogP) is 2.27. The van der Waals surface area contributed by atoms with Gasteiger partial charge in [0.1, 0.15) is 0 Å². The monoisotopic (exact) mass is 371 g/mol. The number of phenols is 1. The second-order valence-electron chi connectivity index (χ2n) is 6.38. The van der Waals surface area contributed by atoms with Crippen molar-refractivity contribution in [2.24, 2.45) is 0 Å². The van der Waals surface area contributed by atoms with Crippen LogP contribution < -0.4 is 20.2 Å². The van der Waals surface area contributed by atoms with E-state index in [-0.39, 0.29) is 23.2 Å². The maximum atomic E-state index is 12.2. The van der Waals surface area contributed by atoms with Crippen LogP contribution in [0.15, 0.2) is 29.1 Å². The second-order valence-corrected chi connectivity index (χ2v) is 6.38. The molecule has 1 aliphatic carbocycles. The van der Waals surface area contributed by atoms with Crippen molar-refractivity contribution in [2.75, 3.05) is 14.2 Å². The molecule has 0 fully saturated rings. The van der Waals surface area contributed by atoms with Crippen molar-refractivity contribution in [3.8, 4) is 34.1 Å². The molecule has 3 N–H and O–H groups in total. The van der Waals surface area contributed by atoms with Crippen LogP contribution >= 0.6 is 0 Å². The lowest BCUT2D eigenvalue weighted by Gasteiger charge is -2.18. The fraction of sp³-hybridized carbons (Fsp3) is 0.300. The van der Waals surface area contributed by atoms with Gasteiger partial charge in [0.05, 0.1) is 20.3 Å². The molecule has 2 aromatic carbocycles. The van der Waals surface area contributed by atoms with E-state index in [2.05, 4.69) is 5.32 Å². The van der Waals surface area contributed by atoms with E-state index in [0.29, 0.717) is 29.5 Å². The number of benzene rings is 1. The third-order valence-corrected chi connectivity index (χ3v) is 4.71. The molecule has 3 rings (SSSR count). The molecule has 1 amide bonds. The molecule has 0 saturated carbocycles. The highest BCUT2D eigenvalue weighted by Crippen LogP contribution is 2.49. The molecule has 0 heterocycles. The van der Waals surface area contributed by atoms with Gasteiger partial charge in [0, 0.05) is 12.5 Å². The quantitative estimate of drug-likeness (QED) is 0.764. The number of amides is 1. The van der Waals surface area contributed by atoms with Crippen LogP contribution in [0.2, 0.25) is 0 Å². The second kappa shape index (κ2) is 7.19. The minimum atomic E-state index is -0.549. The molecule has 2 aromatic rings. The highest BCUT2D eigenvalue weighted by Gasteiger charge is 2.28. The minimum absolute atomic E-state index is 0.152. The third kappa shape index (κ3) is 3.28. The van der Waals surface area contributed by atoms with Crippen LogP contribution in [-0.4, -0.2) is 30.3 Å². The average Bonchev–Trinajstić information content (AvgIpc) is 2.85. The van der Waals surface area contributed by atoms with Crippen molar-refractivity contribution in [3.05, 3.63) is 45.6 Å². The van der Waals surface area contributed by atoms with Crippen molar-refractivity contribution in [2.45, 2.75) is 25.8 Å². The summed E-state index contributed by atoms with van der Waals surface area (Å²) in [5, 5.41) is 23.3. The molecule has 0 aliphatic heterocycles. The fourth-order valence-electron chi connectivity index (χ4n) is 3.52. The predicted molar refractivity (Wildman–Crippen MR) is 99.5 cm³/mol. The number of rotatable bonds is 3. The Balaban J connectivity index is 2.40. The largest absolute Gasteiger partial charge is 0.504 e. The van der Waals surface area contributed by atoms with Gasteiger partial charge in [-0.15, -0.1) is 0 Å². The summed E-state index contributed by atoms with van der Waals surface area (Å²) in [4.78, 5) is 23.9. The first-order chi connectivity index (χ1) is 12.9. The van der Waals surface area contributed by atoms with Gasteiger partial charge in [0.2, 0.25) is 17.1 Å². The van der Waals surface area contributed by atoms with Gasteiger partial charge in [-0.1, -0.05) is 6.07 Å². The molecular weight excluding hydrogens is 350 g/mol. The normalized spacial score (nSPS) is 15.1. The number of methoxy groups -OCH3 is 2. The van der Waals surface area contributed by atoms with E-state index >= 15 is 0 Å².